The van der Waals surface area contributed by atoms with E-state index in [1.54, 1.807) is 18.2 Å². The molecule has 0 aliphatic carbocycles. The van der Waals surface area contributed by atoms with Crippen molar-refractivity contribution in [3.8, 4) is 0 Å². The Labute approximate surface area is 234 Å². The summed E-state index contributed by atoms with van der Waals surface area (Å²) in [6.07, 6.45) is -2.60. The van der Waals surface area contributed by atoms with Gasteiger partial charge in [0.15, 0.2) is 0 Å². The highest BCUT2D eigenvalue weighted by Crippen LogP contribution is 2.32. The maximum absolute atomic E-state index is 13.6. The number of para-hydroxylation sites is 1. The molecule has 5 rings (SSSR count). The Kier molecular flexibility index (Phi) is 7.52. The summed E-state index contributed by atoms with van der Waals surface area (Å²) in [5.74, 6) is -1.37. The van der Waals surface area contributed by atoms with E-state index < -0.39 is 17.7 Å². The van der Waals surface area contributed by atoms with Crippen LogP contribution in [0.1, 0.15) is 37.4 Å². The van der Waals surface area contributed by atoms with Crippen LogP contribution in [0.3, 0.4) is 0 Å². The lowest BCUT2D eigenvalue weighted by atomic mass is 10.1. The Hall–Kier alpha value is -5.05. The van der Waals surface area contributed by atoms with Gasteiger partial charge in [0.2, 0.25) is 0 Å². The summed E-state index contributed by atoms with van der Waals surface area (Å²) < 4.78 is 41.0. The molecule has 0 saturated heterocycles. The van der Waals surface area contributed by atoms with E-state index in [0.29, 0.717) is 16.6 Å². The zero-order valence-corrected chi connectivity index (χ0v) is 22.0. The normalized spacial score (nSPS) is 11.4. The summed E-state index contributed by atoms with van der Waals surface area (Å²) in [5.41, 5.74) is 3.59. The van der Waals surface area contributed by atoms with Gasteiger partial charge in [0, 0.05) is 43.1 Å². The highest BCUT2D eigenvalue weighted by Gasteiger charge is 2.30. The van der Waals surface area contributed by atoms with Crippen molar-refractivity contribution >= 4 is 34.2 Å². The number of aromatic carboxylic acids is 1. The molecule has 5 aromatic rings. The van der Waals surface area contributed by atoms with Gasteiger partial charge < -0.3 is 19.9 Å². The zero-order valence-electron chi connectivity index (χ0n) is 22.0. The lowest BCUT2D eigenvalue weighted by Gasteiger charge is -2.21. The van der Waals surface area contributed by atoms with Crippen LogP contribution in [0.15, 0.2) is 103 Å². The van der Waals surface area contributed by atoms with E-state index in [2.05, 4.69) is 5.32 Å². The number of carbonyl (C=O) groups excluding carboxylic acids is 1. The highest BCUT2D eigenvalue weighted by atomic mass is 19.4. The number of carboxylic acids is 1. The van der Waals surface area contributed by atoms with Crippen LogP contribution < -0.4 is 10.2 Å². The number of hydrogen-bond acceptors (Lipinski definition) is 3. The summed E-state index contributed by atoms with van der Waals surface area (Å²) in [5, 5.41) is 12.9. The Balaban J connectivity index is 1.49. The molecule has 0 saturated carbocycles. The van der Waals surface area contributed by atoms with Gasteiger partial charge in [-0.3, -0.25) is 4.79 Å². The number of amides is 1. The monoisotopic (exact) mass is 557 g/mol. The van der Waals surface area contributed by atoms with Gasteiger partial charge in [-0.05, 0) is 65.7 Å². The third-order valence-corrected chi connectivity index (χ3v) is 6.91. The molecule has 9 heteroatoms. The largest absolute Gasteiger partial charge is 0.478 e. The Bertz CT molecular complexity index is 1690. The molecular formula is C32H26F3N3O3. The number of halogens is 3. The molecular weight excluding hydrogens is 531 g/mol. The van der Waals surface area contributed by atoms with Gasteiger partial charge in [-0.25, -0.2) is 4.79 Å². The minimum Gasteiger partial charge on any atom is -0.478 e. The van der Waals surface area contributed by atoms with E-state index in [1.807, 2.05) is 65.2 Å². The molecule has 1 aromatic heterocycles. The molecule has 6 nitrogen and oxygen atoms in total. The number of hydrogen-bond donors (Lipinski definition) is 2. The average molecular weight is 558 g/mol. The van der Waals surface area contributed by atoms with E-state index in [1.165, 1.54) is 24.3 Å². The third kappa shape index (κ3) is 6.09. The van der Waals surface area contributed by atoms with E-state index in [4.69, 9.17) is 5.11 Å². The molecule has 4 aromatic carbocycles. The van der Waals surface area contributed by atoms with Crippen molar-refractivity contribution in [2.24, 2.45) is 0 Å². The molecule has 41 heavy (non-hydrogen) atoms. The van der Waals surface area contributed by atoms with Crippen LogP contribution in [0.4, 0.5) is 24.5 Å². The van der Waals surface area contributed by atoms with E-state index in [9.17, 15) is 22.8 Å². The fourth-order valence-corrected chi connectivity index (χ4v) is 4.67. The maximum Gasteiger partial charge on any atom is 0.416 e. The molecule has 0 spiro atoms. The van der Waals surface area contributed by atoms with Gasteiger partial charge >= 0.3 is 12.1 Å². The van der Waals surface area contributed by atoms with Crippen LogP contribution in [0.25, 0.3) is 10.9 Å². The molecule has 208 valence electrons. The Morgan fingerprint density at radius 3 is 2.15 bits per heavy atom. The number of benzene rings is 4. The summed E-state index contributed by atoms with van der Waals surface area (Å²) in [6.45, 7) is 0.449. The molecule has 0 aliphatic rings. The average Bonchev–Trinajstić information content (AvgIpc) is 3.38. The lowest BCUT2D eigenvalue weighted by molar-refractivity contribution is -0.137. The topological polar surface area (TPSA) is 74.6 Å². The number of rotatable bonds is 8. The number of aromatic nitrogens is 1. The van der Waals surface area contributed by atoms with Crippen molar-refractivity contribution in [1.29, 1.82) is 0 Å². The Morgan fingerprint density at radius 1 is 0.854 bits per heavy atom. The van der Waals surface area contributed by atoms with Crippen molar-refractivity contribution in [2.45, 2.75) is 19.3 Å². The van der Waals surface area contributed by atoms with Crippen LogP contribution in [0.5, 0.6) is 0 Å². The third-order valence-electron chi connectivity index (χ3n) is 6.91. The van der Waals surface area contributed by atoms with E-state index in [-0.39, 0.29) is 24.6 Å². The molecule has 1 heterocycles. The number of fused-ring (bicyclic) bond motifs is 1. The minimum atomic E-state index is -4.42. The van der Waals surface area contributed by atoms with Gasteiger partial charge in [0.05, 0.1) is 22.2 Å². The van der Waals surface area contributed by atoms with Crippen molar-refractivity contribution in [3.05, 3.63) is 131 Å². The Morgan fingerprint density at radius 2 is 1.51 bits per heavy atom. The first-order valence-corrected chi connectivity index (χ1v) is 12.8. The number of carbonyl (C=O) groups is 2. The van der Waals surface area contributed by atoms with E-state index in [0.717, 1.165) is 34.5 Å². The van der Waals surface area contributed by atoms with Crippen LogP contribution in [-0.2, 0) is 19.3 Å². The minimum absolute atomic E-state index is 0.152. The standard InChI is InChI=1S/C32H26F3N3O3/c1-37(26-5-3-2-4-6-26)27-17-24-15-16-38(20-22-9-13-25(14-10-22)32(33,34)35)29(24)28(18-27)30(39)36-19-21-7-11-23(12-8-21)31(40)41/h2-18H,19-20H2,1H3,(H,36,39)(H,40,41). The van der Waals surface area contributed by atoms with Crippen LogP contribution in [-0.4, -0.2) is 28.6 Å². The van der Waals surface area contributed by atoms with Gasteiger partial charge in [0.1, 0.15) is 0 Å². The second-order valence-corrected chi connectivity index (χ2v) is 9.65. The SMILES string of the molecule is CN(c1ccccc1)c1cc(C(=O)NCc2ccc(C(=O)O)cc2)c2c(ccn2Cc2ccc(C(F)(F)F)cc2)c1. The van der Waals surface area contributed by atoms with Crippen molar-refractivity contribution in [1.82, 2.24) is 9.88 Å². The number of nitrogens with zero attached hydrogens (tertiary/aromatic N) is 2. The summed E-state index contributed by atoms with van der Waals surface area (Å²) in [4.78, 5) is 26.7. The number of nitrogens with one attached hydrogen (secondary N) is 1. The van der Waals surface area contributed by atoms with Gasteiger partial charge in [-0.1, -0.05) is 42.5 Å². The molecule has 1 amide bonds. The van der Waals surface area contributed by atoms with Gasteiger partial charge in [-0.2, -0.15) is 13.2 Å². The fraction of sp³-hybridized carbons (Fsp3) is 0.125. The smallest absolute Gasteiger partial charge is 0.416 e. The first kappa shape index (κ1) is 27.5. The van der Waals surface area contributed by atoms with Crippen molar-refractivity contribution < 1.29 is 27.9 Å². The first-order chi connectivity index (χ1) is 19.6. The predicted molar refractivity (Wildman–Crippen MR) is 152 cm³/mol. The maximum atomic E-state index is 13.6. The highest BCUT2D eigenvalue weighted by molar-refractivity contribution is 6.07. The summed E-state index contributed by atoms with van der Waals surface area (Å²) >= 11 is 0. The molecule has 0 bridgehead atoms. The van der Waals surface area contributed by atoms with Crippen LogP contribution in [0, 0.1) is 0 Å². The number of anilines is 2. The molecule has 0 fully saturated rings. The quantitative estimate of drug-likeness (QED) is 0.213. The summed E-state index contributed by atoms with van der Waals surface area (Å²) in [7, 11) is 1.90. The number of alkyl halides is 3. The molecule has 0 aliphatic heterocycles. The molecule has 0 unspecified atom stereocenters. The van der Waals surface area contributed by atoms with Crippen molar-refractivity contribution in [3.63, 3.8) is 0 Å². The summed E-state index contributed by atoms with van der Waals surface area (Å²) in [6, 6.07) is 26.6. The van der Waals surface area contributed by atoms with Gasteiger partial charge in [0.25, 0.3) is 5.91 Å². The van der Waals surface area contributed by atoms with Gasteiger partial charge in [-0.15, -0.1) is 0 Å². The number of carboxylic acid groups (broad SMARTS) is 1. The second-order valence-electron chi connectivity index (χ2n) is 9.65. The first-order valence-electron chi connectivity index (χ1n) is 12.8. The fourth-order valence-electron chi connectivity index (χ4n) is 4.67. The molecule has 2 N–H and O–H groups in total. The predicted octanol–water partition coefficient (Wildman–Crippen LogP) is 7.10. The van der Waals surface area contributed by atoms with Crippen LogP contribution >= 0.6 is 0 Å². The van der Waals surface area contributed by atoms with Crippen molar-refractivity contribution in [2.75, 3.05) is 11.9 Å². The van der Waals surface area contributed by atoms with Crippen LogP contribution in [0.2, 0.25) is 0 Å². The molecule has 0 radical (unpaired) electrons. The zero-order chi connectivity index (χ0) is 29.1. The molecule has 0 atom stereocenters. The van der Waals surface area contributed by atoms with E-state index >= 15 is 0 Å². The lowest BCUT2D eigenvalue weighted by Crippen LogP contribution is -2.24. The second kappa shape index (κ2) is 11.2.